The van der Waals surface area contributed by atoms with Crippen molar-refractivity contribution in [3.8, 4) is 0 Å². The SMILES string of the molecule is CCOC(=O)c1c(NC(=O)c2cccc(N3C(=O)CCC3=O)c2)sc2c1CCN(CC)C2.Cl. The molecular formula is C23H26ClN3O5S. The average Bonchev–Trinajstić information content (AvgIpc) is 3.31. The highest BCUT2D eigenvalue weighted by atomic mass is 35.5. The molecule has 0 saturated carbocycles. The molecule has 1 aromatic carbocycles. The minimum absolute atomic E-state index is 0. The quantitative estimate of drug-likeness (QED) is 0.489. The van der Waals surface area contributed by atoms with E-state index in [1.165, 1.54) is 17.4 Å². The lowest BCUT2D eigenvalue weighted by Crippen LogP contribution is -2.30. The number of nitrogens with one attached hydrogen (secondary N) is 1. The number of benzene rings is 1. The van der Waals surface area contributed by atoms with Crippen molar-refractivity contribution >= 4 is 58.1 Å². The van der Waals surface area contributed by atoms with Gasteiger partial charge in [-0.15, -0.1) is 23.7 Å². The summed E-state index contributed by atoms with van der Waals surface area (Å²) in [4.78, 5) is 54.3. The predicted molar refractivity (Wildman–Crippen MR) is 128 cm³/mol. The minimum atomic E-state index is -0.438. The molecule has 0 spiro atoms. The molecular weight excluding hydrogens is 466 g/mol. The number of imide groups is 1. The fourth-order valence-electron chi connectivity index (χ4n) is 4.06. The molecule has 2 aliphatic rings. The predicted octanol–water partition coefficient (Wildman–Crippen LogP) is 3.63. The van der Waals surface area contributed by atoms with E-state index < -0.39 is 11.9 Å². The van der Waals surface area contributed by atoms with Crippen LogP contribution in [0, 0.1) is 0 Å². The van der Waals surface area contributed by atoms with Crippen LogP contribution in [-0.2, 0) is 27.3 Å². The first kappa shape index (κ1) is 24.9. The van der Waals surface area contributed by atoms with Gasteiger partial charge in [-0.1, -0.05) is 13.0 Å². The summed E-state index contributed by atoms with van der Waals surface area (Å²) >= 11 is 1.40. The largest absolute Gasteiger partial charge is 0.462 e. The van der Waals surface area contributed by atoms with Gasteiger partial charge in [0.05, 0.1) is 17.9 Å². The number of ether oxygens (including phenoxy) is 1. The van der Waals surface area contributed by atoms with E-state index in [0.29, 0.717) is 21.8 Å². The number of thiophene rings is 1. The Morgan fingerprint density at radius 2 is 1.85 bits per heavy atom. The second kappa shape index (κ2) is 10.5. The smallest absolute Gasteiger partial charge is 0.341 e. The molecule has 33 heavy (non-hydrogen) atoms. The first-order valence-electron chi connectivity index (χ1n) is 10.7. The lowest BCUT2D eigenvalue weighted by Gasteiger charge is -2.25. The number of hydrogen-bond donors (Lipinski definition) is 1. The van der Waals surface area contributed by atoms with E-state index in [-0.39, 0.29) is 43.7 Å². The third-order valence-corrected chi connectivity index (χ3v) is 6.84. The number of hydrogen-bond acceptors (Lipinski definition) is 7. The summed E-state index contributed by atoms with van der Waals surface area (Å²) in [6.07, 6.45) is 1.07. The Hall–Kier alpha value is -2.75. The van der Waals surface area contributed by atoms with Crippen molar-refractivity contribution in [2.45, 2.75) is 39.7 Å². The molecule has 2 aliphatic heterocycles. The summed E-state index contributed by atoms with van der Waals surface area (Å²) in [5.41, 5.74) is 2.04. The molecule has 10 heteroatoms. The van der Waals surface area contributed by atoms with Gasteiger partial charge in [-0.05, 0) is 43.7 Å². The topological polar surface area (TPSA) is 96.0 Å². The summed E-state index contributed by atoms with van der Waals surface area (Å²) in [7, 11) is 0. The van der Waals surface area contributed by atoms with E-state index in [2.05, 4.69) is 17.1 Å². The highest BCUT2D eigenvalue weighted by Gasteiger charge is 2.31. The Kier molecular flexibility index (Phi) is 7.88. The molecule has 1 aromatic heterocycles. The lowest BCUT2D eigenvalue weighted by molar-refractivity contribution is -0.121. The number of anilines is 2. The van der Waals surface area contributed by atoms with Crippen molar-refractivity contribution in [1.29, 1.82) is 0 Å². The van der Waals surface area contributed by atoms with E-state index in [9.17, 15) is 19.2 Å². The van der Waals surface area contributed by atoms with Gasteiger partial charge in [0.25, 0.3) is 5.91 Å². The average molecular weight is 492 g/mol. The van der Waals surface area contributed by atoms with Gasteiger partial charge in [0.1, 0.15) is 5.00 Å². The third kappa shape index (κ3) is 4.95. The molecule has 1 saturated heterocycles. The monoisotopic (exact) mass is 491 g/mol. The van der Waals surface area contributed by atoms with Crippen LogP contribution in [0.3, 0.4) is 0 Å². The second-order valence-electron chi connectivity index (χ2n) is 7.67. The molecule has 0 unspecified atom stereocenters. The summed E-state index contributed by atoms with van der Waals surface area (Å²) in [5, 5.41) is 3.34. The van der Waals surface area contributed by atoms with Gasteiger partial charge in [0, 0.05) is 36.4 Å². The van der Waals surface area contributed by atoms with Crippen molar-refractivity contribution in [2.24, 2.45) is 0 Å². The molecule has 2 aromatic rings. The Morgan fingerprint density at radius 3 is 2.52 bits per heavy atom. The highest BCUT2D eigenvalue weighted by Crippen LogP contribution is 2.38. The van der Waals surface area contributed by atoms with Crippen LogP contribution in [0.5, 0.6) is 0 Å². The number of rotatable bonds is 6. The summed E-state index contributed by atoms with van der Waals surface area (Å²) < 4.78 is 5.26. The van der Waals surface area contributed by atoms with E-state index >= 15 is 0 Å². The minimum Gasteiger partial charge on any atom is -0.462 e. The van der Waals surface area contributed by atoms with Crippen molar-refractivity contribution in [2.75, 3.05) is 29.9 Å². The Morgan fingerprint density at radius 1 is 1.12 bits per heavy atom. The second-order valence-corrected chi connectivity index (χ2v) is 8.78. The zero-order chi connectivity index (χ0) is 22.8. The van der Waals surface area contributed by atoms with E-state index in [4.69, 9.17) is 4.74 Å². The van der Waals surface area contributed by atoms with Crippen LogP contribution in [0.1, 0.15) is 57.8 Å². The van der Waals surface area contributed by atoms with Gasteiger partial charge in [-0.25, -0.2) is 4.79 Å². The van der Waals surface area contributed by atoms with Crippen molar-refractivity contribution < 1.29 is 23.9 Å². The van der Waals surface area contributed by atoms with Gasteiger partial charge in [0.2, 0.25) is 11.8 Å². The summed E-state index contributed by atoms with van der Waals surface area (Å²) in [6.45, 7) is 6.58. The molecule has 4 rings (SSSR count). The van der Waals surface area contributed by atoms with E-state index in [0.717, 1.165) is 41.4 Å². The zero-order valence-electron chi connectivity index (χ0n) is 18.5. The molecule has 176 valence electrons. The fourth-order valence-corrected chi connectivity index (χ4v) is 5.33. The number of likely N-dealkylation sites (N-methyl/N-ethyl adjacent to an activating group) is 1. The van der Waals surface area contributed by atoms with E-state index in [1.54, 1.807) is 25.1 Å². The highest BCUT2D eigenvalue weighted by molar-refractivity contribution is 7.17. The molecule has 0 radical (unpaired) electrons. The zero-order valence-corrected chi connectivity index (χ0v) is 20.1. The number of esters is 1. The van der Waals surface area contributed by atoms with Crippen molar-refractivity contribution in [3.63, 3.8) is 0 Å². The Labute approximate surface area is 202 Å². The number of nitrogens with zero attached hydrogens (tertiary/aromatic N) is 2. The van der Waals surface area contributed by atoms with Gasteiger partial charge in [-0.3, -0.25) is 24.2 Å². The van der Waals surface area contributed by atoms with Crippen LogP contribution in [-0.4, -0.2) is 48.3 Å². The molecule has 3 amide bonds. The van der Waals surface area contributed by atoms with Gasteiger partial charge < -0.3 is 10.1 Å². The van der Waals surface area contributed by atoms with Gasteiger partial charge in [0.15, 0.2) is 0 Å². The number of amides is 3. The molecule has 3 heterocycles. The molecule has 8 nitrogen and oxygen atoms in total. The van der Waals surface area contributed by atoms with Crippen molar-refractivity contribution in [1.82, 2.24) is 4.90 Å². The lowest BCUT2D eigenvalue weighted by atomic mass is 10.0. The van der Waals surface area contributed by atoms with Crippen LogP contribution in [0.15, 0.2) is 24.3 Å². The Bertz CT molecular complexity index is 1080. The molecule has 1 fully saturated rings. The standard InChI is InChI=1S/C23H25N3O5S.ClH/c1-3-25-11-10-16-17(13-25)32-22(20(16)23(30)31-4-2)24-21(29)14-6-5-7-15(12-14)26-18(27)8-9-19(26)28;/h5-7,12H,3-4,8-11,13H2,1-2H3,(H,24,29);1H. The van der Waals surface area contributed by atoms with Gasteiger partial charge >= 0.3 is 5.97 Å². The summed E-state index contributed by atoms with van der Waals surface area (Å²) in [5.74, 6) is -1.40. The van der Waals surface area contributed by atoms with Crippen LogP contribution < -0.4 is 10.2 Å². The van der Waals surface area contributed by atoms with Crippen molar-refractivity contribution in [3.05, 3.63) is 45.8 Å². The number of fused-ring (bicyclic) bond motifs is 1. The van der Waals surface area contributed by atoms with E-state index in [1.807, 2.05) is 0 Å². The maximum absolute atomic E-state index is 13.1. The molecule has 0 aliphatic carbocycles. The summed E-state index contributed by atoms with van der Waals surface area (Å²) in [6, 6.07) is 6.39. The normalized spacial score (nSPS) is 15.8. The van der Waals surface area contributed by atoms with Crippen LogP contribution in [0.25, 0.3) is 0 Å². The fraction of sp³-hybridized carbons (Fsp3) is 0.391. The van der Waals surface area contributed by atoms with Crippen LogP contribution in [0.2, 0.25) is 0 Å². The number of halogens is 1. The first-order valence-corrected chi connectivity index (χ1v) is 11.6. The number of carbonyl (C=O) groups excluding carboxylic acids is 4. The third-order valence-electron chi connectivity index (χ3n) is 5.71. The Balaban J connectivity index is 0.00000306. The maximum Gasteiger partial charge on any atom is 0.341 e. The molecule has 1 N–H and O–H groups in total. The van der Waals surface area contributed by atoms with Crippen LogP contribution in [0.4, 0.5) is 10.7 Å². The maximum atomic E-state index is 13.1. The van der Waals surface area contributed by atoms with Gasteiger partial charge in [-0.2, -0.15) is 0 Å². The molecule has 0 atom stereocenters. The number of carbonyl (C=O) groups is 4. The molecule has 0 bridgehead atoms. The van der Waals surface area contributed by atoms with Crippen LogP contribution >= 0.6 is 23.7 Å². The first-order chi connectivity index (χ1) is 15.4.